The highest BCUT2D eigenvalue weighted by atomic mass is 16.4. The molecule has 0 atom stereocenters. The number of hydrogen-bond donors (Lipinski definition) is 1. The number of aryl methyl sites for hydroxylation is 2. The largest absolute Gasteiger partial charge is 0.411 e. The number of nitrogens with zero attached hydrogens (tertiary/aromatic N) is 1. The van der Waals surface area contributed by atoms with Crippen molar-refractivity contribution in [1.29, 1.82) is 0 Å². The van der Waals surface area contributed by atoms with E-state index in [0.29, 0.717) is 0 Å². The first-order valence-electron chi connectivity index (χ1n) is 4.37. The number of oxime groups is 1. The third-order valence-electron chi connectivity index (χ3n) is 2.20. The number of benzene rings is 1. The molecule has 1 rings (SSSR count). The zero-order valence-corrected chi connectivity index (χ0v) is 8.33. The molecule has 0 aromatic heterocycles. The smallest absolute Gasteiger partial charge is 0.0583 e. The Hall–Kier alpha value is -1.31. The maximum Gasteiger partial charge on any atom is 0.0583 e. The van der Waals surface area contributed by atoms with E-state index >= 15 is 0 Å². The van der Waals surface area contributed by atoms with Crippen molar-refractivity contribution < 1.29 is 5.21 Å². The van der Waals surface area contributed by atoms with Crippen LogP contribution in [-0.4, -0.2) is 10.9 Å². The lowest BCUT2D eigenvalue weighted by atomic mass is 10.0. The molecule has 0 bridgehead atoms. The predicted octanol–water partition coefficient (Wildman–Crippen LogP) is 2.70. The third-order valence-corrected chi connectivity index (χ3v) is 2.20. The van der Waals surface area contributed by atoms with E-state index in [4.69, 9.17) is 5.21 Å². The summed E-state index contributed by atoms with van der Waals surface area (Å²) in [5.74, 6) is 0. The molecule has 0 radical (unpaired) electrons. The summed E-state index contributed by atoms with van der Waals surface area (Å²) in [6, 6.07) is 6.29. The summed E-state index contributed by atoms with van der Waals surface area (Å²) in [4.78, 5) is 0. The van der Waals surface area contributed by atoms with Crippen molar-refractivity contribution in [3.63, 3.8) is 0 Å². The molecule has 1 N–H and O–H groups in total. The van der Waals surface area contributed by atoms with Gasteiger partial charge < -0.3 is 5.21 Å². The molecule has 0 fully saturated rings. The lowest BCUT2D eigenvalue weighted by molar-refractivity contribution is 0.317. The van der Waals surface area contributed by atoms with Gasteiger partial charge in [-0.25, -0.2) is 0 Å². The first kappa shape index (κ1) is 9.78. The van der Waals surface area contributed by atoms with Gasteiger partial charge in [0.05, 0.1) is 5.71 Å². The Morgan fingerprint density at radius 1 is 1.31 bits per heavy atom. The van der Waals surface area contributed by atoms with E-state index < -0.39 is 0 Å². The molecule has 13 heavy (non-hydrogen) atoms. The fourth-order valence-corrected chi connectivity index (χ4v) is 1.24. The van der Waals surface area contributed by atoms with Gasteiger partial charge in [-0.2, -0.15) is 0 Å². The van der Waals surface area contributed by atoms with E-state index in [9.17, 15) is 0 Å². The Kier molecular flexibility index (Phi) is 3.07. The molecule has 1 aromatic rings. The van der Waals surface area contributed by atoms with Gasteiger partial charge in [0.2, 0.25) is 0 Å². The van der Waals surface area contributed by atoms with Crippen LogP contribution in [0.15, 0.2) is 23.4 Å². The molecule has 2 nitrogen and oxygen atoms in total. The summed E-state index contributed by atoms with van der Waals surface area (Å²) < 4.78 is 0. The minimum absolute atomic E-state index is 0.720. The summed E-state index contributed by atoms with van der Waals surface area (Å²) in [5, 5.41) is 11.7. The quantitative estimate of drug-likeness (QED) is 0.420. The number of hydrogen-bond acceptors (Lipinski definition) is 2. The van der Waals surface area contributed by atoms with Crippen molar-refractivity contribution in [2.24, 2.45) is 5.16 Å². The van der Waals surface area contributed by atoms with Crippen LogP contribution in [0.5, 0.6) is 0 Å². The van der Waals surface area contributed by atoms with Crippen LogP contribution in [0.1, 0.15) is 23.6 Å². The Morgan fingerprint density at radius 2 is 2.00 bits per heavy atom. The molecule has 1 aromatic carbocycles. The van der Waals surface area contributed by atoms with E-state index in [1.165, 1.54) is 16.7 Å². The van der Waals surface area contributed by atoms with Crippen LogP contribution in [0.3, 0.4) is 0 Å². The molecule has 0 aliphatic rings. The van der Waals surface area contributed by atoms with Gasteiger partial charge in [-0.3, -0.25) is 0 Å². The molecule has 2 heteroatoms. The maximum atomic E-state index is 8.51. The van der Waals surface area contributed by atoms with Crippen LogP contribution >= 0.6 is 0 Å². The second-order valence-electron chi connectivity index (χ2n) is 3.43. The van der Waals surface area contributed by atoms with E-state index in [0.717, 1.165) is 12.1 Å². The average molecular weight is 177 g/mol. The normalized spacial score (nSPS) is 11.8. The van der Waals surface area contributed by atoms with E-state index in [1.807, 2.05) is 6.92 Å². The first-order chi connectivity index (χ1) is 6.13. The standard InChI is InChI=1S/C11H15NO/c1-8-4-5-11(6-9(8)2)7-10(3)12-13/h4-6,13H,7H2,1-3H3. The zero-order valence-electron chi connectivity index (χ0n) is 8.33. The Balaban J connectivity index is 2.86. The molecule has 70 valence electrons. The highest BCUT2D eigenvalue weighted by molar-refractivity contribution is 5.83. The lowest BCUT2D eigenvalue weighted by Gasteiger charge is -2.03. The van der Waals surface area contributed by atoms with Gasteiger partial charge >= 0.3 is 0 Å². The van der Waals surface area contributed by atoms with E-state index in [1.54, 1.807) is 0 Å². The van der Waals surface area contributed by atoms with E-state index in [-0.39, 0.29) is 0 Å². The Labute approximate surface area is 78.9 Å². The molecule has 0 spiro atoms. The van der Waals surface area contributed by atoms with Gasteiger partial charge in [0.1, 0.15) is 0 Å². The Morgan fingerprint density at radius 3 is 2.54 bits per heavy atom. The molecule has 0 aliphatic heterocycles. The summed E-state index contributed by atoms with van der Waals surface area (Å²) in [7, 11) is 0. The summed E-state index contributed by atoms with van der Waals surface area (Å²) in [6.45, 7) is 5.99. The molecular weight excluding hydrogens is 162 g/mol. The maximum absolute atomic E-state index is 8.51. The van der Waals surface area contributed by atoms with Crippen LogP contribution in [0.2, 0.25) is 0 Å². The molecule has 0 saturated heterocycles. The van der Waals surface area contributed by atoms with Crippen molar-refractivity contribution in [1.82, 2.24) is 0 Å². The van der Waals surface area contributed by atoms with Crippen LogP contribution in [0, 0.1) is 13.8 Å². The first-order valence-corrected chi connectivity index (χ1v) is 4.37. The minimum atomic E-state index is 0.720. The molecule has 0 amide bonds. The minimum Gasteiger partial charge on any atom is -0.411 e. The van der Waals surface area contributed by atoms with Crippen molar-refractivity contribution in [3.05, 3.63) is 34.9 Å². The highest BCUT2D eigenvalue weighted by Crippen LogP contribution is 2.10. The summed E-state index contributed by atoms with van der Waals surface area (Å²) >= 11 is 0. The molecule has 0 saturated carbocycles. The van der Waals surface area contributed by atoms with Gasteiger partial charge in [0, 0.05) is 6.42 Å². The van der Waals surface area contributed by atoms with Crippen molar-refractivity contribution in [2.45, 2.75) is 27.2 Å². The third kappa shape index (κ3) is 2.58. The predicted molar refractivity (Wildman–Crippen MR) is 54.5 cm³/mol. The molecule has 0 aliphatic carbocycles. The SMILES string of the molecule is CC(Cc1ccc(C)c(C)c1)=NO. The summed E-state index contributed by atoms with van der Waals surface area (Å²) in [5.41, 5.74) is 4.51. The van der Waals surface area contributed by atoms with Gasteiger partial charge in [-0.15, -0.1) is 0 Å². The molecular formula is C11H15NO. The number of rotatable bonds is 2. The van der Waals surface area contributed by atoms with Crippen LogP contribution < -0.4 is 0 Å². The molecule has 0 unspecified atom stereocenters. The topological polar surface area (TPSA) is 32.6 Å². The fraction of sp³-hybridized carbons (Fsp3) is 0.364. The van der Waals surface area contributed by atoms with Crippen LogP contribution in [0.25, 0.3) is 0 Å². The highest BCUT2D eigenvalue weighted by Gasteiger charge is 1.98. The van der Waals surface area contributed by atoms with Crippen LogP contribution in [-0.2, 0) is 6.42 Å². The second-order valence-corrected chi connectivity index (χ2v) is 3.43. The Bertz CT molecular complexity index is 329. The van der Waals surface area contributed by atoms with Gasteiger partial charge in [-0.05, 0) is 37.5 Å². The van der Waals surface area contributed by atoms with E-state index in [2.05, 4.69) is 37.2 Å². The van der Waals surface area contributed by atoms with Gasteiger partial charge in [0.15, 0.2) is 0 Å². The van der Waals surface area contributed by atoms with Gasteiger partial charge in [-0.1, -0.05) is 23.4 Å². The van der Waals surface area contributed by atoms with Crippen molar-refractivity contribution >= 4 is 5.71 Å². The fourth-order valence-electron chi connectivity index (χ4n) is 1.24. The molecule has 0 heterocycles. The van der Waals surface area contributed by atoms with Gasteiger partial charge in [0.25, 0.3) is 0 Å². The van der Waals surface area contributed by atoms with Crippen molar-refractivity contribution in [2.75, 3.05) is 0 Å². The zero-order chi connectivity index (χ0) is 9.84. The van der Waals surface area contributed by atoms with Crippen molar-refractivity contribution in [3.8, 4) is 0 Å². The van der Waals surface area contributed by atoms with Crippen LogP contribution in [0.4, 0.5) is 0 Å². The monoisotopic (exact) mass is 177 g/mol. The average Bonchev–Trinajstić information content (AvgIpc) is 2.11. The second kappa shape index (κ2) is 4.08. The lowest BCUT2D eigenvalue weighted by Crippen LogP contribution is -1.98. The summed E-state index contributed by atoms with van der Waals surface area (Å²) in [6.07, 6.45) is 0.720.